The minimum absolute atomic E-state index is 0.0612. The summed E-state index contributed by atoms with van der Waals surface area (Å²) in [5, 5.41) is 5.87. The molecule has 0 aromatic rings. The van der Waals surface area contributed by atoms with Crippen molar-refractivity contribution < 1.29 is 13.2 Å². The Hall–Kier alpha value is -0.660. The van der Waals surface area contributed by atoms with Crippen LogP contribution in [0.2, 0.25) is 0 Å². The van der Waals surface area contributed by atoms with Crippen molar-refractivity contribution in [2.45, 2.75) is 25.3 Å². The molecular formula is C9H19N3O3S. The molecule has 0 heterocycles. The number of hydrogen-bond donors (Lipinski definition) is 3. The molecule has 0 aromatic carbocycles. The highest BCUT2D eigenvalue weighted by atomic mass is 32.2. The van der Waals surface area contributed by atoms with E-state index in [-0.39, 0.29) is 5.91 Å². The Kier molecular flexibility index (Phi) is 5.17. The minimum atomic E-state index is -3.10. The lowest BCUT2D eigenvalue weighted by molar-refractivity contribution is -0.121. The third-order valence-corrected chi connectivity index (χ3v) is 2.87. The van der Waals surface area contributed by atoms with Crippen molar-refractivity contribution in [3.05, 3.63) is 0 Å². The van der Waals surface area contributed by atoms with E-state index in [4.69, 9.17) is 0 Å². The molecule has 0 spiro atoms. The predicted molar refractivity (Wildman–Crippen MR) is 61.5 cm³/mol. The van der Waals surface area contributed by atoms with Gasteiger partial charge >= 0.3 is 0 Å². The summed E-state index contributed by atoms with van der Waals surface area (Å²) in [6.45, 7) is 1.46. The summed E-state index contributed by atoms with van der Waals surface area (Å²) in [7, 11) is -3.10. The fraction of sp³-hybridized carbons (Fsp3) is 0.889. The Morgan fingerprint density at radius 3 is 2.50 bits per heavy atom. The summed E-state index contributed by atoms with van der Waals surface area (Å²) in [4.78, 5) is 11.2. The molecule has 1 saturated carbocycles. The van der Waals surface area contributed by atoms with Gasteiger partial charge in [-0.1, -0.05) is 0 Å². The van der Waals surface area contributed by atoms with Crippen LogP contribution in [0.1, 0.15) is 19.3 Å². The smallest absolute Gasteiger partial charge is 0.221 e. The predicted octanol–water partition coefficient (Wildman–Crippen LogP) is -1.21. The molecule has 0 aliphatic heterocycles. The van der Waals surface area contributed by atoms with Crippen LogP contribution in [0.3, 0.4) is 0 Å². The molecule has 1 fully saturated rings. The molecule has 3 N–H and O–H groups in total. The Morgan fingerprint density at radius 2 is 1.94 bits per heavy atom. The maximum absolute atomic E-state index is 11.2. The van der Waals surface area contributed by atoms with Gasteiger partial charge in [-0.25, -0.2) is 13.1 Å². The summed E-state index contributed by atoms with van der Waals surface area (Å²) < 4.78 is 23.8. The molecule has 0 radical (unpaired) electrons. The van der Waals surface area contributed by atoms with E-state index < -0.39 is 10.0 Å². The van der Waals surface area contributed by atoms with E-state index in [1.807, 2.05) is 0 Å². The minimum Gasteiger partial charge on any atom is -0.353 e. The van der Waals surface area contributed by atoms with Crippen molar-refractivity contribution in [2.24, 2.45) is 0 Å². The van der Waals surface area contributed by atoms with Crippen molar-refractivity contribution in [1.82, 2.24) is 15.4 Å². The van der Waals surface area contributed by atoms with Gasteiger partial charge in [0.05, 0.1) is 6.26 Å². The number of rotatable bonds is 8. The summed E-state index contributed by atoms with van der Waals surface area (Å²) in [6, 6.07) is 0.402. The third kappa shape index (κ3) is 7.61. The molecule has 0 bridgehead atoms. The highest BCUT2D eigenvalue weighted by Gasteiger charge is 2.22. The molecule has 1 amide bonds. The Labute approximate surface area is 96.2 Å². The fourth-order valence-electron chi connectivity index (χ4n) is 1.18. The summed E-state index contributed by atoms with van der Waals surface area (Å²) in [5.74, 6) is 0.0612. The lowest BCUT2D eigenvalue weighted by Gasteiger charge is -2.05. The lowest BCUT2D eigenvalue weighted by atomic mass is 10.4. The molecule has 94 valence electrons. The zero-order valence-corrected chi connectivity index (χ0v) is 10.3. The molecular weight excluding hydrogens is 230 g/mol. The van der Waals surface area contributed by atoms with Gasteiger partial charge in [0, 0.05) is 32.1 Å². The number of sulfonamides is 1. The van der Waals surface area contributed by atoms with Crippen LogP contribution in [0, 0.1) is 0 Å². The van der Waals surface area contributed by atoms with E-state index in [9.17, 15) is 13.2 Å². The summed E-state index contributed by atoms with van der Waals surface area (Å²) >= 11 is 0. The Balaban J connectivity index is 1.89. The van der Waals surface area contributed by atoms with Gasteiger partial charge in [0.15, 0.2) is 0 Å². The van der Waals surface area contributed by atoms with E-state index in [1.165, 1.54) is 0 Å². The molecule has 7 heteroatoms. The van der Waals surface area contributed by atoms with Crippen molar-refractivity contribution in [3.63, 3.8) is 0 Å². The number of nitrogens with one attached hydrogen (secondary N) is 3. The van der Waals surface area contributed by atoms with Crippen molar-refractivity contribution >= 4 is 15.9 Å². The van der Waals surface area contributed by atoms with Crippen LogP contribution >= 0.6 is 0 Å². The molecule has 1 aliphatic carbocycles. The monoisotopic (exact) mass is 249 g/mol. The van der Waals surface area contributed by atoms with E-state index in [1.54, 1.807) is 0 Å². The van der Waals surface area contributed by atoms with Crippen LogP contribution < -0.4 is 15.4 Å². The van der Waals surface area contributed by atoms with Crippen LogP contribution in [0.4, 0.5) is 0 Å². The van der Waals surface area contributed by atoms with E-state index >= 15 is 0 Å². The quantitative estimate of drug-likeness (QED) is 0.471. The highest BCUT2D eigenvalue weighted by molar-refractivity contribution is 7.88. The van der Waals surface area contributed by atoms with Crippen LogP contribution in [0.15, 0.2) is 0 Å². The van der Waals surface area contributed by atoms with Crippen LogP contribution in [-0.4, -0.2) is 46.3 Å². The van der Waals surface area contributed by atoms with Crippen LogP contribution in [0.5, 0.6) is 0 Å². The van der Waals surface area contributed by atoms with E-state index in [0.717, 1.165) is 19.1 Å². The highest BCUT2D eigenvalue weighted by Crippen LogP contribution is 2.18. The largest absolute Gasteiger partial charge is 0.353 e. The Morgan fingerprint density at radius 1 is 1.25 bits per heavy atom. The van der Waals surface area contributed by atoms with Crippen molar-refractivity contribution in [2.75, 3.05) is 25.9 Å². The molecule has 16 heavy (non-hydrogen) atoms. The fourth-order valence-corrected chi connectivity index (χ4v) is 1.65. The lowest BCUT2D eigenvalue weighted by Crippen LogP contribution is -2.33. The second kappa shape index (κ2) is 6.17. The third-order valence-electron chi connectivity index (χ3n) is 2.14. The topological polar surface area (TPSA) is 87.3 Å². The SMILES string of the molecule is CS(=O)(=O)NCCNCCC(=O)NC1CC1. The maximum Gasteiger partial charge on any atom is 0.221 e. The Bertz CT molecular complexity index is 325. The second-order valence-corrected chi connectivity index (χ2v) is 5.84. The number of carbonyl (C=O) groups is 1. The normalized spacial score (nSPS) is 16.1. The van der Waals surface area contributed by atoms with Crippen molar-refractivity contribution in [3.8, 4) is 0 Å². The standard InChI is InChI=1S/C9H19N3O3S/c1-16(14,15)11-7-6-10-5-4-9(13)12-8-2-3-8/h8,10-11H,2-7H2,1H3,(H,12,13). The maximum atomic E-state index is 11.2. The van der Waals surface area contributed by atoms with Crippen molar-refractivity contribution in [1.29, 1.82) is 0 Å². The number of carbonyl (C=O) groups excluding carboxylic acids is 1. The van der Waals surface area contributed by atoms with Gasteiger partial charge in [0.25, 0.3) is 0 Å². The average Bonchev–Trinajstić information content (AvgIpc) is 2.93. The van der Waals surface area contributed by atoms with E-state index in [0.29, 0.717) is 32.1 Å². The van der Waals surface area contributed by atoms with E-state index in [2.05, 4.69) is 15.4 Å². The molecule has 1 aliphatic rings. The number of amides is 1. The van der Waals surface area contributed by atoms with Gasteiger partial charge in [-0.15, -0.1) is 0 Å². The van der Waals surface area contributed by atoms with Gasteiger partial charge in [-0.3, -0.25) is 4.79 Å². The first-order valence-electron chi connectivity index (χ1n) is 5.42. The van der Waals surface area contributed by atoms with Gasteiger partial charge in [0.2, 0.25) is 15.9 Å². The first-order chi connectivity index (χ1) is 7.47. The molecule has 6 nitrogen and oxygen atoms in total. The molecule has 0 unspecified atom stereocenters. The molecule has 0 atom stereocenters. The molecule has 0 aromatic heterocycles. The zero-order valence-electron chi connectivity index (χ0n) is 9.45. The molecule has 0 saturated heterocycles. The molecule has 1 rings (SSSR count). The van der Waals surface area contributed by atoms with Gasteiger partial charge in [-0.05, 0) is 12.8 Å². The van der Waals surface area contributed by atoms with Crippen LogP contribution in [0.25, 0.3) is 0 Å². The number of hydrogen-bond acceptors (Lipinski definition) is 4. The first kappa shape index (κ1) is 13.4. The van der Waals surface area contributed by atoms with Crippen LogP contribution in [-0.2, 0) is 14.8 Å². The van der Waals surface area contributed by atoms with Gasteiger partial charge < -0.3 is 10.6 Å². The summed E-state index contributed by atoms with van der Waals surface area (Å²) in [6.07, 6.45) is 3.75. The van der Waals surface area contributed by atoms with Gasteiger partial charge in [0.1, 0.15) is 0 Å². The first-order valence-corrected chi connectivity index (χ1v) is 7.31. The second-order valence-electron chi connectivity index (χ2n) is 4.01. The van der Waals surface area contributed by atoms with Gasteiger partial charge in [-0.2, -0.15) is 0 Å². The zero-order chi connectivity index (χ0) is 12.0. The summed E-state index contributed by atoms with van der Waals surface area (Å²) in [5.41, 5.74) is 0. The average molecular weight is 249 g/mol.